The van der Waals surface area contributed by atoms with Crippen LogP contribution in [0.2, 0.25) is 0 Å². The number of hydrogen-bond donors (Lipinski definition) is 2. The van der Waals surface area contributed by atoms with Crippen molar-refractivity contribution in [3.05, 3.63) is 23.8 Å². The second-order valence-corrected chi connectivity index (χ2v) is 5.49. The molecule has 1 aromatic carbocycles. The van der Waals surface area contributed by atoms with Gasteiger partial charge in [0.05, 0.1) is 18.1 Å². The van der Waals surface area contributed by atoms with Crippen LogP contribution >= 0.6 is 0 Å². The molecule has 4 heteroatoms. The van der Waals surface area contributed by atoms with Crippen molar-refractivity contribution in [1.82, 2.24) is 0 Å². The van der Waals surface area contributed by atoms with Crippen LogP contribution in [0.4, 0.5) is 11.4 Å². The zero-order chi connectivity index (χ0) is 14.2. The van der Waals surface area contributed by atoms with Gasteiger partial charge in [-0.25, -0.2) is 0 Å². The maximum absolute atomic E-state index is 12.4. The average molecular weight is 262 g/mol. The van der Waals surface area contributed by atoms with E-state index in [1.807, 2.05) is 32.9 Å². The third-order valence-corrected chi connectivity index (χ3v) is 4.06. The van der Waals surface area contributed by atoms with Gasteiger partial charge in [-0.15, -0.1) is 0 Å². The maximum Gasteiger partial charge on any atom is 0.230 e. The van der Waals surface area contributed by atoms with Crippen LogP contribution in [0.1, 0.15) is 26.3 Å². The average Bonchev–Trinajstić information content (AvgIpc) is 2.58. The number of carbonyl (C=O) groups excluding carboxylic acids is 1. The van der Waals surface area contributed by atoms with E-state index in [0.29, 0.717) is 5.69 Å². The van der Waals surface area contributed by atoms with Gasteiger partial charge < -0.3 is 15.8 Å². The summed E-state index contributed by atoms with van der Waals surface area (Å²) in [5.74, 6) is 0.116. The first-order valence-electron chi connectivity index (χ1n) is 6.72. The summed E-state index contributed by atoms with van der Waals surface area (Å²) in [6.07, 6.45) is 0.0686. The molecule has 1 amide bonds. The van der Waals surface area contributed by atoms with Crippen LogP contribution in [-0.4, -0.2) is 18.1 Å². The number of nitrogen functional groups attached to an aromatic ring is 1. The zero-order valence-corrected chi connectivity index (χ0v) is 11.9. The minimum atomic E-state index is -0.115. The molecule has 0 radical (unpaired) electrons. The van der Waals surface area contributed by atoms with Gasteiger partial charge in [0.25, 0.3) is 0 Å². The second kappa shape index (κ2) is 5.21. The minimum absolute atomic E-state index is 0.0121. The lowest BCUT2D eigenvalue weighted by molar-refractivity contribution is -0.121. The number of hydrogen-bond acceptors (Lipinski definition) is 3. The molecule has 1 heterocycles. The quantitative estimate of drug-likeness (QED) is 0.805. The summed E-state index contributed by atoms with van der Waals surface area (Å²) in [4.78, 5) is 12.4. The molecule has 0 bridgehead atoms. The van der Waals surface area contributed by atoms with Crippen molar-refractivity contribution in [3.63, 3.8) is 0 Å². The number of nitrogens with two attached hydrogens (primary N) is 1. The Hall–Kier alpha value is -1.55. The molecule has 3 N–H and O–H groups in total. The van der Waals surface area contributed by atoms with Gasteiger partial charge >= 0.3 is 0 Å². The predicted molar refractivity (Wildman–Crippen MR) is 76.9 cm³/mol. The molecule has 1 aromatic rings. The van der Waals surface area contributed by atoms with E-state index < -0.39 is 0 Å². The fraction of sp³-hybridized carbons (Fsp3) is 0.533. The van der Waals surface area contributed by atoms with E-state index in [4.69, 9.17) is 10.5 Å². The summed E-state index contributed by atoms with van der Waals surface area (Å²) in [7, 11) is 0. The highest BCUT2D eigenvalue weighted by Gasteiger charge is 2.41. The lowest BCUT2D eigenvalue weighted by atomic mass is 9.88. The van der Waals surface area contributed by atoms with Crippen molar-refractivity contribution in [2.24, 2.45) is 11.8 Å². The van der Waals surface area contributed by atoms with E-state index in [9.17, 15) is 4.79 Å². The largest absolute Gasteiger partial charge is 0.399 e. The Morgan fingerprint density at radius 1 is 1.26 bits per heavy atom. The van der Waals surface area contributed by atoms with Gasteiger partial charge in [-0.2, -0.15) is 0 Å². The number of ether oxygens (including phenoxy) is 1. The molecule has 0 saturated carbocycles. The van der Waals surface area contributed by atoms with Gasteiger partial charge in [0.2, 0.25) is 5.91 Å². The van der Waals surface area contributed by atoms with Crippen molar-refractivity contribution in [3.8, 4) is 0 Å². The molecule has 2 rings (SSSR count). The van der Waals surface area contributed by atoms with Gasteiger partial charge in [0, 0.05) is 11.4 Å². The molecule has 4 nitrogen and oxygen atoms in total. The van der Waals surface area contributed by atoms with Gasteiger partial charge in [0.15, 0.2) is 0 Å². The summed E-state index contributed by atoms with van der Waals surface area (Å²) in [6.45, 7) is 7.98. The third kappa shape index (κ3) is 2.73. The molecule has 1 saturated heterocycles. The first-order chi connectivity index (χ1) is 8.90. The summed E-state index contributed by atoms with van der Waals surface area (Å²) in [5.41, 5.74) is 8.20. The van der Waals surface area contributed by atoms with Crippen LogP contribution in [-0.2, 0) is 9.53 Å². The molecule has 0 spiro atoms. The number of aryl methyl sites for hydroxylation is 1. The fourth-order valence-electron chi connectivity index (χ4n) is 2.71. The molecule has 104 valence electrons. The SMILES string of the molecule is Cc1ccc(N)cc1NC(=O)C1C(C)OC(C)C1C. The van der Waals surface area contributed by atoms with E-state index in [1.54, 1.807) is 6.07 Å². The molecule has 4 atom stereocenters. The topological polar surface area (TPSA) is 64.3 Å². The van der Waals surface area contributed by atoms with E-state index in [1.165, 1.54) is 0 Å². The molecule has 1 aliphatic heterocycles. The van der Waals surface area contributed by atoms with Crippen molar-refractivity contribution < 1.29 is 9.53 Å². The van der Waals surface area contributed by atoms with Crippen LogP contribution in [0.5, 0.6) is 0 Å². The van der Waals surface area contributed by atoms with Crippen molar-refractivity contribution in [2.45, 2.75) is 39.9 Å². The standard InChI is InChI=1S/C15H22N2O2/c1-8-5-6-12(16)7-13(8)17-15(18)14-9(2)10(3)19-11(14)4/h5-7,9-11,14H,16H2,1-4H3,(H,17,18). The highest BCUT2D eigenvalue weighted by Crippen LogP contribution is 2.33. The smallest absolute Gasteiger partial charge is 0.230 e. The highest BCUT2D eigenvalue weighted by atomic mass is 16.5. The Labute approximate surface area is 114 Å². The Morgan fingerprint density at radius 2 is 1.95 bits per heavy atom. The number of amides is 1. The van der Waals surface area contributed by atoms with Crippen LogP contribution in [0, 0.1) is 18.8 Å². The molecule has 1 fully saturated rings. The lowest BCUT2D eigenvalue weighted by Gasteiger charge is -2.19. The first kappa shape index (κ1) is 13.9. The van der Waals surface area contributed by atoms with Crippen LogP contribution < -0.4 is 11.1 Å². The normalized spacial score (nSPS) is 30.3. The summed E-state index contributed by atoms with van der Waals surface area (Å²) >= 11 is 0. The molecule has 0 aromatic heterocycles. The number of benzene rings is 1. The van der Waals surface area contributed by atoms with E-state index in [2.05, 4.69) is 12.2 Å². The summed E-state index contributed by atoms with van der Waals surface area (Å²) < 4.78 is 5.71. The van der Waals surface area contributed by atoms with Crippen molar-refractivity contribution in [1.29, 1.82) is 0 Å². The number of nitrogens with one attached hydrogen (secondary N) is 1. The predicted octanol–water partition coefficient (Wildman–Crippen LogP) is 2.58. The molecule has 1 aliphatic rings. The maximum atomic E-state index is 12.4. The lowest BCUT2D eigenvalue weighted by Crippen LogP contribution is -2.32. The fourth-order valence-corrected chi connectivity index (χ4v) is 2.71. The van der Waals surface area contributed by atoms with Gasteiger partial charge in [-0.1, -0.05) is 13.0 Å². The van der Waals surface area contributed by atoms with E-state index in [-0.39, 0.29) is 30.0 Å². The summed E-state index contributed by atoms with van der Waals surface area (Å²) in [6, 6.07) is 5.53. The van der Waals surface area contributed by atoms with E-state index in [0.717, 1.165) is 11.3 Å². The molecular formula is C15H22N2O2. The molecular weight excluding hydrogens is 240 g/mol. The zero-order valence-electron chi connectivity index (χ0n) is 11.9. The third-order valence-electron chi connectivity index (χ3n) is 4.06. The monoisotopic (exact) mass is 262 g/mol. The van der Waals surface area contributed by atoms with Crippen LogP contribution in [0.25, 0.3) is 0 Å². The highest BCUT2D eigenvalue weighted by molar-refractivity contribution is 5.94. The molecule has 4 unspecified atom stereocenters. The summed E-state index contributed by atoms with van der Waals surface area (Å²) in [5, 5.41) is 2.98. The first-order valence-corrected chi connectivity index (χ1v) is 6.72. The Morgan fingerprint density at radius 3 is 2.53 bits per heavy atom. The molecule has 19 heavy (non-hydrogen) atoms. The van der Waals surface area contributed by atoms with Crippen LogP contribution in [0.15, 0.2) is 18.2 Å². The number of carbonyl (C=O) groups is 1. The Bertz CT molecular complexity index is 487. The second-order valence-electron chi connectivity index (χ2n) is 5.49. The Kier molecular flexibility index (Phi) is 3.80. The number of rotatable bonds is 2. The van der Waals surface area contributed by atoms with E-state index >= 15 is 0 Å². The molecule has 0 aliphatic carbocycles. The van der Waals surface area contributed by atoms with Gasteiger partial charge in [-0.3, -0.25) is 4.79 Å². The van der Waals surface area contributed by atoms with Crippen LogP contribution in [0.3, 0.4) is 0 Å². The minimum Gasteiger partial charge on any atom is -0.399 e. The Balaban J connectivity index is 2.15. The van der Waals surface area contributed by atoms with Gasteiger partial charge in [-0.05, 0) is 44.4 Å². The van der Waals surface area contributed by atoms with Gasteiger partial charge in [0.1, 0.15) is 0 Å². The van der Waals surface area contributed by atoms with Crippen molar-refractivity contribution >= 4 is 17.3 Å². The van der Waals surface area contributed by atoms with Crippen molar-refractivity contribution in [2.75, 3.05) is 11.1 Å². The number of anilines is 2.